The van der Waals surface area contributed by atoms with Crippen molar-refractivity contribution < 1.29 is 38.4 Å². The Hall–Kier alpha value is -4.16. The molecule has 1 heterocycles. The second kappa shape index (κ2) is 16.1. The van der Waals surface area contributed by atoms with E-state index < -0.39 is 35.4 Å². The van der Waals surface area contributed by atoms with E-state index in [1.165, 1.54) is 14.2 Å². The van der Waals surface area contributed by atoms with E-state index in [-0.39, 0.29) is 38.4 Å². The van der Waals surface area contributed by atoms with Crippen molar-refractivity contribution >= 4 is 17.8 Å². The Labute approximate surface area is 257 Å². The zero-order valence-corrected chi connectivity index (χ0v) is 25.8. The van der Waals surface area contributed by atoms with Gasteiger partial charge in [-0.05, 0) is 68.1 Å². The fourth-order valence-electron chi connectivity index (χ4n) is 4.67. The van der Waals surface area contributed by atoms with Crippen LogP contribution in [0, 0.1) is 0 Å². The van der Waals surface area contributed by atoms with Gasteiger partial charge in [-0.3, -0.25) is 9.59 Å². The van der Waals surface area contributed by atoms with Gasteiger partial charge in [-0.15, -0.1) is 0 Å². The van der Waals surface area contributed by atoms with Crippen LogP contribution in [0.1, 0.15) is 62.8 Å². The van der Waals surface area contributed by atoms with E-state index >= 15 is 0 Å². The van der Waals surface area contributed by atoms with Crippen LogP contribution in [0.25, 0.3) is 10.4 Å². The number of methoxy groups -OCH3 is 2. The number of nitrogens with one attached hydrogen (secondary N) is 1. The fraction of sp³-hybridized carbons (Fsp3) is 0.516. The van der Waals surface area contributed by atoms with Crippen LogP contribution in [0.15, 0.2) is 58.6 Å². The molecule has 1 aliphatic heterocycles. The average Bonchev–Trinajstić information content (AvgIpc) is 3.40. The third kappa shape index (κ3) is 9.17. The van der Waals surface area contributed by atoms with Gasteiger partial charge in [0, 0.05) is 44.1 Å². The molecular weight excluding hydrogens is 570 g/mol. The van der Waals surface area contributed by atoms with Crippen LogP contribution in [-0.2, 0) is 35.1 Å². The van der Waals surface area contributed by atoms with Crippen LogP contribution >= 0.6 is 0 Å². The van der Waals surface area contributed by atoms with Gasteiger partial charge in [0.15, 0.2) is 17.9 Å². The molecular formula is C31H41N5O8. The standard InChI is InChI=1S/C31H41N5O8/c1-30(2,3)44-25(38)15-16-31(29(39)33-20-26(40-4)41-5)27(24-10-7-6-9-22(24)19-34-36-32)43-28(35-31)21-11-13-23(14-12-21)42-18-8-17-37/h6-7,9-14,26-27,37H,8,15-20H2,1-5H3,(H,33,39)/t27-,31-/m1/s1. The molecule has 238 valence electrons. The molecule has 0 aromatic heterocycles. The van der Waals surface area contributed by atoms with Gasteiger partial charge in [0.2, 0.25) is 5.90 Å². The number of hydrogen-bond acceptors (Lipinski definition) is 10. The molecule has 0 saturated heterocycles. The highest BCUT2D eigenvalue weighted by molar-refractivity contribution is 6.01. The molecule has 0 unspecified atom stereocenters. The SMILES string of the molecule is COC(CNC(=O)[C@]1(CCC(=O)OC(C)(C)C)N=C(c2ccc(OCCCO)cc2)O[C@@H]1c1ccccc1CN=[N+]=[N-])OC. The molecule has 13 heteroatoms. The molecule has 2 aromatic rings. The predicted molar refractivity (Wildman–Crippen MR) is 162 cm³/mol. The van der Waals surface area contributed by atoms with Crippen LogP contribution in [-0.4, -0.2) is 74.3 Å². The molecule has 13 nitrogen and oxygen atoms in total. The minimum atomic E-state index is -1.62. The zero-order valence-electron chi connectivity index (χ0n) is 25.8. The van der Waals surface area contributed by atoms with Gasteiger partial charge in [0.1, 0.15) is 11.4 Å². The number of benzene rings is 2. The predicted octanol–water partition coefficient (Wildman–Crippen LogP) is 4.37. The maximum atomic E-state index is 14.2. The van der Waals surface area contributed by atoms with Gasteiger partial charge >= 0.3 is 5.97 Å². The zero-order chi connectivity index (χ0) is 32.2. The van der Waals surface area contributed by atoms with Crippen molar-refractivity contribution in [2.75, 3.05) is 34.0 Å². The maximum absolute atomic E-state index is 14.2. The number of ether oxygens (including phenoxy) is 5. The Balaban J connectivity index is 2.11. The number of esters is 1. The lowest BCUT2D eigenvalue weighted by atomic mass is 9.81. The summed E-state index contributed by atoms with van der Waals surface area (Å²) >= 11 is 0. The molecule has 44 heavy (non-hydrogen) atoms. The van der Waals surface area contributed by atoms with Gasteiger partial charge in [0.25, 0.3) is 5.91 Å². The third-order valence-corrected chi connectivity index (χ3v) is 6.76. The summed E-state index contributed by atoms with van der Waals surface area (Å²) in [6, 6.07) is 14.1. The summed E-state index contributed by atoms with van der Waals surface area (Å²) in [5.41, 5.74) is 8.46. The van der Waals surface area contributed by atoms with Crippen LogP contribution in [0.3, 0.4) is 0 Å². The molecule has 0 fully saturated rings. The van der Waals surface area contributed by atoms with Crippen LogP contribution < -0.4 is 10.1 Å². The molecule has 2 atom stereocenters. The molecule has 0 aliphatic carbocycles. The smallest absolute Gasteiger partial charge is 0.306 e. The Morgan fingerprint density at radius 2 is 1.86 bits per heavy atom. The summed E-state index contributed by atoms with van der Waals surface area (Å²) in [6.45, 7) is 5.71. The summed E-state index contributed by atoms with van der Waals surface area (Å²) < 4.78 is 28.2. The molecule has 1 amide bonds. The number of hydrogen-bond donors (Lipinski definition) is 2. The summed E-state index contributed by atoms with van der Waals surface area (Å²) in [7, 11) is 2.92. The number of carbonyl (C=O) groups excluding carboxylic acids is 2. The molecule has 0 spiro atoms. The lowest BCUT2D eigenvalue weighted by molar-refractivity contribution is -0.155. The van der Waals surface area contributed by atoms with E-state index in [1.54, 1.807) is 69.3 Å². The number of carbonyl (C=O) groups is 2. The van der Waals surface area contributed by atoms with E-state index in [9.17, 15) is 9.59 Å². The van der Waals surface area contributed by atoms with E-state index in [4.69, 9.17) is 39.3 Å². The van der Waals surface area contributed by atoms with Gasteiger partial charge in [0.05, 0.1) is 19.7 Å². The Morgan fingerprint density at radius 1 is 1.16 bits per heavy atom. The number of aliphatic hydroxyl groups is 1. The highest BCUT2D eigenvalue weighted by Crippen LogP contribution is 2.44. The summed E-state index contributed by atoms with van der Waals surface area (Å²) in [5.74, 6) is -0.228. The van der Waals surface area contributed by atoms with Crippen molar-refractivity contribution in [3.8, 4) is 5.75 Å². The summed E-state index contributed by atoms with van der Waals surface area (Å²) in [5, 5.41) is 15.6. The molecule has 0 saturated carbocycles. The third-order valence-electron chi connectivity index (χ3n) is 6.76. The normalized spacial score (nSPS) is 17.8. The first-order valence-electron chi connectivity index (χ1n) is 14.3. The lowest BCUT2D eigenvalue weighted by Crippen LogP contribution is -2.50. The minimum absolute atomic E-state index is 0.0117. The van der Waals surface area contributed by atoms with Gasteiger partial charge in [-0.1, -0.05) is 29.4 Å². The first kappa shape index (κ1) is 34.3. The van der Waals surface area contributed by atoms with Gasteiger partial charge in [-0.2, -0.15) is 0 Å². The Bertz CT molecular complexity index is 1330. The van der Waals surface area contributed by atoms with Crippen molar-refractivity contribution in [3.05, 3.63) is 75.7 Å². The number of aliphatic imine (C=N–C) groups is 1. The number of rotatable bonds is 16. The first-order chi connectivity index (χ1) is 21.1. The topological polar surface area (TPSA) is 174 Å². The first-order valence-corrected chi connectivity index (χ1v) is 14.3. The molecule has 2 N–H and O–H groups in total. The number of aliphatic hydroxyl groups excluding tert-OH is 1. The second-order valence-corrected chi connectivity index (χ2v) is 11.1. The maximum Gasteiger partial charge on any atom is 0.306 e. The lowest BCUT2D eigenvalue weighted by Gasteiger charge is -2.32. The van der Waals surface area contributed by atoms with Crippen molar-refractivity contribution in [2.45, 2.75) is 70.1 Å². The highest BCUT2D eigenvalue weighted by Gasteiger charge is 2.54. The van der Waals surface area contributed by atoms with Crippen LogP contribution in [0.5, 0.6) is 5.75 Å². The Morgan fingerprint density at radius 3 is 2.50 bits per heavy atom. The van der Waals surface area contributed by atoms with Crippen molar-refractivity contribution in [1.29, 1.82) is 0 Å². The molecule has 2 aromatic carbocycles. The Kier molecular flexibility index (Phi) is 12.5. The van der Waals surface area contributed by atoms with E-state index in [0.29, 0.717) is 35.5 Å². The average molecular weight is 612 g/mol. The van der Waals surface area contributed by atoms with Crippen LogP contribution in [0.4, 0.5) is 0 Å². The monoisotopic (exact) mass is 611 g/mol. The minimum Gasteiger partial charge on any atom is -0.494 e. The number of amides is 1. The van der Waals surface area contributed by atoms with Gasteiger partial charge < -0.3 is 34.1 Å². The molecule has 3 rings (SSSR count). The largest absolute Gasteiger partial charge is 0.494 e. The van der Waals surface area contributed by atoms with Crippen LogP contribution in [0.2, 0.25) is 0 Å². The highest BCUT2D eigenvalue weighted by atomic mass is 16.7. The molecule has 0 radical (unpaired) electrons. The molecule has 0 bridgehead atoms. The fourth-order valence-corrected chi connectivity index (χ4v) is 4.67. The van der Waals surface area contributed by atoms with Gasteiger partial charge in [-0.25, -0.2) is 4.99 Å². The number of azide groups is 1. The van der Waals surface area contributed by atoms with Crippen molar-refractivity contribution in [2.24, 2.45) is 10.1 Å². The quantitative estimate of drug-likeness (QED) is 0.0703. The van der Waals surface area contributed by atoms with Crippen molar-refractivity contribution in [1.82, 2.24) is 5.32 Å². The van der Waals surface area contributed by atoms with Crippen molar-refractivity contribution in [3.63, 3.8) is 0 Å². The van der Waals surface area contributed by atoms with E-state index in [2.05, 4.69) is 15.3 Å². The number of nitrogens with zero attached hydrogens (tertiary/aromatic N) is 4. The molecule has 1 aliphatic rings. The summed E-state index contributed by atoms with van der Waals surface area (Å²) in [6.07, 6.45) is -1.40. The second-order valence-electron chi connectivity index (χ2n) is 11.1. The van der Waals surface area contributed by atoms with E-state index in [0.717, 1.165) is 0 Å². The summed E-state index contributed by atoms with van der Waals surface area (Å²) in [4.78, 5) is 34.9. The van der Waals surface area contributed by atoms with E-state index in [1.807, 2.05) is 0 Å².